The summed E-state index contributed by atoms with van der Waals surface area (Å²) in [4.78, 5) is 21.5. The number of ether oxygens (including phenoxy) is 1. The zero-order valence-electron chi connectivity index (χ0n) is 18.2. The molecule has 0 aliphatic heterocycles. The first-order valence-corrected chi connectivity index (χ1v) is 11.4. The Kier molecular flexibility index (Phi) is 7.81. The summed E-state index contributed by atoms with van der Waals surface area (Å²) in [5.41, 5.74) is 3.28. The molecular formula is C23H27FN4O2S. The van der Waals surface area contributed by atoms with Crippen LogP contribution in [0.2, 0.25) is 0 Å². The highest BCUT2D eigenvalue weighted by Crippen LogP contribution is 2.36. The number of methoxy groups -OCH3 is 1. The molecule has 0 saturated heterocycles. The number of carbonyl (C=O) groups excluding carboxylic acids is 1. The third-order valence-electron chi connectivity index (χ3n) is 5.10. The summed E-state index contributed by atoms with van der Waals surface area (Å²) >= 11 is 1.53. The Bertz CT molecular complexity index is 1040. The van der Waals surface area contributed by atoms with Gasteiger partial charge >= 0.3 is 0 Å². The number of nitrogens with zero attached hydrogens (tertiary/aromatic N) is 3. The molecule has 0 fully saturated rings. The lowest BCUT2D eigenvalue weighted by molar-refractivity contribution is -0.119. The maximum Gasteiger partial charge on any atom is 0.228 e. The molecule has 0 aliphatic carbocycles. The van der Waals surface area contributed by atoms with Gasteiger partial charge in [-0.1, -0.05) is 25.6 Å². The van der Waals surface area contributed by atoms with Crippen LogP contribution in [0.5, 0.6) is 0 Å². The summed E-state index contributed by atoms with van der Waals surface area (Å²) in [6.45, 7) is 4.98. The Labute approximate surface area is 186 Å². The van der Waals surface area contributed by atoms with E-state index in [4.69, 9.17) is 9.72 Å². The summed E-state index contributed by atoms with van der Waals surface area (Å²) in [7, 11) is 1.66. The number of nitrogens with one attached hydrogen (secondary N) is 1. The van der Waals surface area contributed by atoms with E-state index in [0.717, 1.165) is 34.1 Å². The van der Waals surface area contributed by atoms with Crippen LogP contribution in [0.25, 0.3) is 22.5 Å². The molecule has 3 aromatic rings. The van der Waals surface area contributed by atoms with Gasteiger partial charge in [-0.2, -0.15) is 0 Å². The number of imidazole rings is 1. The lowest BCUT2D eigenvalue weighted by Crippen LogP contribution is -2.20. The van der Waals surface area contributed by atoms with Crippen LogP contribution in [-0.4, -0.2) is 40.4 Å². The van der Waals surface area contributed by atoms with Crippen molar-refractivity contribution in [2.45, 2.75) is 32.0 Å². The van der Waals surface area contributed by atoms with Crippen molar-refractivity contribution in [3.8, 4) is 22.5 Å². The number of hydrogen-bond donors (Lipinski definition) is 1. The summed E-state index contributed by atoms with van der Waals surface area (Å²) < 4.78 is 20.9. The zero-order valence-corrected chi connectivity index (χ0v) is 19.0. The van der Waals surface area contributed by atoms with Crippen LogP contribution in [0.15, 0.2) is 47.8 Å². The van der Waals surface area contributed by atoms with Crippen molar-refractivity contribution in [3.05, 3.63) is 48.4 Å². The van der Waals surface area contributed by atoms with E-state index in [1.165, 1.54) is 23.9 Å². The van der Waals surface area contributed by atoms with E-state index in [9.17, 15) is 9.18 Å². The summed E-state index contributed by atoms with van der Waals surface area (Å²) in [5, 5.41) is 3.72. The van der Waals surface area contributed by atoms with Gasteiger partial charge in [-0.25, -0.2) is 14.4 Å². The number of amides is 1. The molecule has 6 nitrogen and oxygen atoms in total. The van der Waals surface area contributed by atoms with E-state index in [2.05, 4.69) is 14.9 Å². The molecule has 0 radical (unpaired) electrons. The third kappa shape index (κ3) is 5.32. The van der Waals surface area contributed by atoms with Crippen molar-refractivity contribution < 1.29 is 13.9 Å². The van der Waals surface area contributed by atoms with Crippen LogP contribution >= 0.6 is 11.8 Å². The van der Waals surface area contributed by atoms with Gasteiger partial charge in [-0.15, -0.1) is 0 Å². The Balaban J connectivity index is 2.11. The van der Waals surface area contributed by atoms with Gasteiger partial charge in [0.15, 0.2) is 5.16 Å². The van der Waals surface area contributed by atoms with Gasteiger partial charge in [0.05, 0.1) is 18.0 Å². The molecule has 0 bridgehead atoms. The van der Waals surface area contributed by atoms with E-state index in [0.29, 0.717) is 19.0 Å². The highest BCUT2D eigenvalue weighted by Gasteiger charge is 2.21. The second-order valence-corrected chi connectivity index (χ2v) is 7.95. The SMILES string of the molecule is CCC(C)C(=O)Nc1cc(-c2c(-c3ccc(F)cc3)nc(SC)n2CCOC)ccn1. The summed E-state index contributed by atoms with van der Waals surface area (Å²) in [6, 6.07) is 10.0. The number of anilines is 1. The molecule has 1 amide bonds. The Morgan fingerprint density at radius 2 is 2.00 bits per heavy atom. The van der Waals surface area contributed by atoms with Crippen LogP contribution in [0.1, 0.15) is 20.3 Å². The van der Waals surface area contributed by atoms with Crippen molar-refractivity contribution in [2.75, 3.05) is 25.3 Å². The second kappa shape index (κ2) is 10.5. The number of thioether (sulfide) groups is 1. The Hall–Kier alpha value is -2.71. The number of hydrogen-bond acceptors (Lipinski definition) is 5. The minimum Gasteiger partial charge on any atom is -0.383 e. The molecule has 8 heteroatoms. The fourth-order valence-corrected chi connectivity index (χ4v) is 3.75. The molecule has 2 aromatic heterocycles. The van der Waals surface area contributed by atoms with E-state index >= 15 is 0 Å². The van der Waals surface area contributed by atoms with E-state index in [1.54, 1.807) is 25.4 Å². The molecule has 1 unspecified atom stereocenters. The number of halogens is 1. The Morgan fingerprint density at radius 1 is 1.26 bits per heavy atom. The minimum absolute atomic E-state index is 0.0661. The van der Waals surface area contributed by atoms with E-state index < -0.39 is 0 Å². The molecule has 1 N–H and O–H groups in total. The maximum absolute atomic E-state index is 13.5. The van der Waals surface area contributed by atoms with Crippen LogP contribution in [-0.2, 0) is 16.1 Å². The highest BCUT2D eigenvalue weighted by atomic mass is 32.2. The first kappa shape index (κ1) is 23.0. The van der Waals surface area contributed by atoms with Crippen molar-refractivity contribution in [1.82, 2.24) is 14.5 Å². The highest BCUT2D eigenvalue weighted by molar-refractivity contribution is 7.98. The van der Waals surface area contributed by atoms with Crippen molar-refractivity contribution in [3.63, 3.8) is 0 Å². The number of aromatic nitrogens is 3. The van der Waals surface area contributed by atoms with Gasteiger partial charge in [0.1, 0.15) is 11.6 Å². The number of pyridine rings is 1. The average Bonchev–Trinajstić information content (AvgIpc) is 3.16. The predicted octanol–water partition coefficient (Wildman–Crippen LogP) is 5.10. The minimum atomic E-state index is -0.298. The zero-order chi connectivity index (χ0) is 22.4. The standard InChI is InChI=1S/C23H27FN4O2S/c1-5-15(2)22(29)26-19-14-17(10-11-25-19)21-20(16-6-8-18(24)9-7-16)27-23(31-4)28(21)12-13-30-3/h6-11,14-15H,5,12-13H2,1-4H3,(H,25,26,29). The topological polar surface area (TPSA) is 69.0 Å². The molecule has 0 saturated carbocycles. The number of rotatable bonds is 9. The molecule has 164 valence electrons. The van der Waals surface area contributed by atoms with Gasteiger partial charge in [0.25, 0.3) is 0 Å². The molecule has 31 heavy (non-hydrogen) atoms. The second-order valence-electron chi connectivity index (χ2n) is 7.18. The normalized spacial score (nSPS) is 12.0. The molecular weight excluding hydrogens is 415 g/mol. The van der Waals surface area contributed by atoms with Crippen LogP contribution in [0, 0.1) is 11.7 Å². The van der Waals surface area contributed by atoms with Gasteiger partial charge in [0.2, 0.25) is 5.91 Å². The summed E-state index contributed by atoms with van der Waals surface area (Å²) in [6.07, 6.45) is 4.39. The molecule has 2 heterocycles. The van der Waals surface area contributed by atoms with E-state index in [-0.39, 0.29) is 17.6 Å². The van der Waals surface area contributed by atoms with Crippen molar-refractivity contribution in [2.24, 2.45) is 5.92 Å². The fraction of sp³-hybridized carbons (Fsp3) is 0.348. The van der Waals surface area contributed by atoms with Gasteiger partial charge in [-0.3, -0.25) is 4.79 Å². The monoisotopic (exact) mass is 442 g/mol. The molecule has 0 aliphatic rings. The molecule has 3 rings (SSSR count). The largest absolute Gasteiger partial charge is 0.383 e. The maximum atomic E-state index is 13.5. The number of carbonyl (C=O) groups is 1. The fourth-order valence-electron chi connectivity index (χ4n) is 3.16. The van der Waals surface area contributed by atoms with Crippen molar-refractivity contribution >= 4 is 23.5 Å². The number of benzene rings is 1. The first-order valence-electron chi connectivity index (χ1n) is 10.1. The first-order chi connectivity index (χ1) is 15.0. The van der Waals surface area contributed by atoms with Gasteiger partial charge in [0, 0.05) is 36.9 Å². The molecule has 1 aromatic carbocycles. The quantitative estimate of drug-likeness (QED) is 0.467. The van der Waals surface area contributed by atoms with Gasteiger partial charge in [-0.05, 0) is 49.1 Å². The van der Waals surface area contributed by atoms with Crippen molar-refractivity contribution in [1.29, 1.82) is 0 Å². The molecule has 1 atom stereocenters. The molecule has 0 spiro atoms. The van der Waals surface area contributed by atoms with Crippen LogP contribution in [0.4, 0.5) is 10.2 Å². The van der Waals surface area contributed by atoms with Crippen LogP contribution in [0.3, 0.4) is 0 Å². The van der Waals surface area contributed by atoms with Crippen LogP contribution < -0.4 is 5.32 Å². The van der Waals surface area contributed by atoms with E-state index in [1.807, 2.05) is 32.2 Å². The Morgan fingerprint density at radius 3 is 2.65 bits per heavy atom. The lowest BCUT2D eigenvalue weighted by Gasteiger charge is -2.14. The van der Waals surface area contributed by atoms with Gasteiger partial charge < -0.3 is 14.6 Å². The average molecular weight is 443 g/mol. The third-order valence-corrected chi connectivity index (χ3v) is 5.77. The predicted molar refractivity (Wildman–Crippen MR) is 123 cm³/mol. The summed E-state index contributed by atoms with van der Waals surface area (Å²) in [5.74, 6) is 0.0189. The smallest absolute Gasteiger partial charge is 0.228 e. The lowest BCUT2D eigenvalue weighted by atomic mass is 10.0.